The van der Waals surface area contributed by atoms with Crippen molar-refractivity contribution in [3.05, 3.63) is 40.1 Å². The summed E-state index contributed by atoms with van der Waals surface area (Å²) in [6.07, 6.45) is 6.05. The van der Waals surface area contributed by atoms with Crippen molar-refractivity contribution in [1.29, 1.82) is 0 Å². The highest BCUT2D eigenvalue weighted by molar-refractivity contribution is 5.94. The third-order valence-corrected chi connectivity index (χ3v) is 3.74. The van der Waals surface area contributed by atoms with E-state index in [1.165, 1.54) is 34.8 Å². The van der Waals surface area contributed by atoms with Gasteiger partial charge < -0.3 is 4.98 Å². The minimum Gasteiger partial charge on any atom is -0.305 e. The van der Waals surface area contributed by atoms with E-state index in [1.807, 2.05) is 6.07 Å². The first kappa shape index (κ1) is 9.82. The molecule has 2 heterocycles. The SMILES string of the molecule is O=c1[nH]c2ccc3c(c2c2ncnn12)CCCC3. The number of hydrogen-bond donors (Lipinski definition) is 1. The van der Waals surface area contributed by atoms with Gasteiger partial charge in [-0.25, -0.2) is 9.78 Å². The molecule has 0 spiro atoms. The predicted octanol–water partition coefficient (Wildman–Crippen LogP) is 1.45. The zero-order chi connectivity index (χ0) is 12.1. The Hall–Kier alpha value is -2.17. The number of nitrogens with zero attached hydrogens (tertiary/aromatic N) is 3. The maximum absolute atomic E-state index is 11.8. The number of benzene rings is 1. The first-order chi connectivity index (χ1) is 8.84. The fourth-order valence-corrected chi connectivity index (χ4v) is 2.92. The molecule has 5 nitrogen and oxygen atoms in total. The van der Waals surface area contributed by atoms with E-state index in [0.717, 1.165) is 23.7 Å². The van der Waals surface area contributed by atoms with Gasteiger partial charge in [-0.2, -0.15) is 9.61 Å². The second kappa shape index (κ2) is 3.41. The number of H-pyrrole nitrogens is 1. The molecule has 90 valence electrons. The van der Waals surface area contributed by atoms with Crippen LogP contribution in [-0.2, 0) is 12.8 Å². The van der Waals surface area contributed by atoms with Gasteiger partial charge in [-0.05, 0) is 42.9 Å². The van der Waals surface area contributed by atoms with Crippen LogP contribution in [0.1, 0.15) is 24.0 Å². The maximum Gasteiger partial charge on any atom is 0.348 e. The summed E-state index contributed by atoms with van der Waals surface area (Å²) in [4.78, 5) is 18.9. The molecule has 5 heteroatoms. The normalized spacial score (nSPS) is 15.1. The van der Waals surface area contributed by atoms with Crippen LogP contribution in [0.25, 0.3) is 16.6 Å². The van der Waals surface area contributed by atoms with Gasteiger partial charge in [0, 0.05) is 5.39 Å². The Morgan fingerprint density at radius 2 is 2.11 bits per heavy atom. The van der Waals surface area contributed by atoms with Crippen LogP contribution in [0.3, 0.4) is 0 Å². The first-order valence-corrected chi connectivity index (χ1v) is 6.21. The Morgan fingerprint density at radius 1 is 1.22 bits per heavy atom. The Labute approximate surface area is 102 Å². The van der Waals surface area contributed by atoms with Gasteiger partial charge in [0.05, 0.1) is 5.52 Å². The van der Waals surface area contributed by atoms with Gasteiger partial charge >= 0.3 is 5.69 Å². The lowest BCUT2D eigenvalue weighted by Gasteiger charge is -2.17. The largest absolute Gasteiger partial charge is 0.348 e. The molecule has 0 amide bonds. The highest BCUT2D eigenvalue weighted by Gasteiger charge is 2.16. The second-order valence-corrected chi connectivity index (χ2v) is 4.76. The van der Waals surface area contributed by atoms with Gasteiger partial charge in [-0.3, -0.25) is 0 Å². The van der Waals surface area contributed by atoms with Gasteiger partial charge in [0.15, 0.2) is 5.65 Å². The van der Waals surface area contributed by atoms with E-state index >= 15 is 0 Å². The van der Waals surface area contributed by atoms with Gasteiger partial charge in [-0.1, -0.05) is 6.07 Å². The Bertz CT molecular complexity index is 815. The van der Waals surface area contributed by atoms with Crippen LogP contribution < -0.4 is 5.69 Å². The number of aromatic nitrogens is 4. The summed E-state index contributed by atoms with van der Waals surface area (Å²) in [5.74, 6) is 0. The minimum atomic E-state index is -0.231. The molecule has 1 aliphatic carbocycles. The van der Waals surface area contributed by atoms with Crippen LogP contribution in [0.5, 0.6) is 0 Å². The number of aromatic amines is 1. The molecule has 4 rings (SSSR count). The van der Waals surface area contributed by atoms with E-state index in [2.05, 4.69) is 21.1 Å². The van der Waals surface area contributed by atoms with Crippen LogP contribution in [0.4, 0.5) is 0 Å². The van der Waals surface area contributed by atoms with Crippen molar-refractivity contribution in [2.45, 2.75) is 25.7 Å². The van der Waals surface area contributed by atoms with Gasteiger partial charge in [-0.15, -0.1) is 0 Å². The zero-order valence-corrected chi connectivity index (χ0v) is 9.81. The number of fused-ring (bicyclic) bond motifs is 5. The lowest BCUT2D eigenvalue weighted by atomic mass is 9.89. The van der Waals surface area contributed by atoms with Gasteiger partial charge in [0.1, 0.15) is 6.33 Å². The molecule has 0 fully saturated rings. The van der Waals surface area contributed by atoms with E-state index < -0.39 is 0 Å². The van der Waals surface area contributed by atoms with Crippen LogP contribution >= 0.6 is 0 Å². The van der Waals surface area contributed by atoms with Crippen LogP contribution in [-0.4, -0.2) is 19.6 Å². The summed E-state index contributed by atoms with van der Waals surface area (Å²) in [5, 5.41) is 5.04. The lowest BCUT2D eigenvalue weighted by molar-refractivity contribution is 0.689. The molecule has 1 aromatic carbocycles. The summed E-state index contributed by atoms with van der Waals surface area (Å²) in [7, 11) is 0. The summed E-state index contributed by atoms with van der Waals surface area (Å²) in [6.45, 7) is 0. The third kappa shape index (κ3) is 1.19. The molecule has 1 N–H and O–H groups in total. The van der Waals surface area contributed by atoms with Crippen molar-refractivity contribution in [2.24, 2.45) is 0 Å². The molecule has 18 heavy (non-hydrogen) atoms. The Morgan fingerprint density at radius 3 is 3.06 bits per heavy atom. The summed E-state index contributed by atoms with van der Waals surface area (Å²) in [6, 6.07) is 4.11. The molecule has 3 aromatic rings. The minimum absolute atomic E-state index is 0.231. The molecular formula is C13H12N4O. The summed E-state index contributed by atoms with van der Waals surface area (Å²) in [5.41, 5.74) is 4.01. The van der Waals surface area contributed by atoms with E-state index in [-0.39, 0.29) is 5.69 Å². The Kier molecular flexibility index (Phi) is 1.86. The van der Waals surface area contributed by atoms with Crippen molar-refractivity contribution < 1.29 is 0 Å². The van der Waals surface area contributed by atoms with Crippen molar-refractivity contribution in [1.82, 2.24) is 19.6 Å². The number of nitrogens with one attached hydrogen (secondary N) is 1. The fourth-order valence-electron chi connectivity index (χ4n) is 2.92. The molecule has 0 bridgehead atoms. The smallest absolute Gasteiger partial charge is 0.305 e. The molecule has 2 aromatic heterocycles. The quantitative estimate of drug-likeness (QED) is 0.647. The molecule has 0 atom stereocenters. The molecule has 0 saturated carbocycles. The van der Waals surface area contributed by atoms with Gasteiger partial charge in [0.25, 0.3) is 0 Å². The molecule has 1 aliphatic rings. The van der Waals surface area contributed by atoms with Crippen molar-refractivity contribution in [3.63, 3.8) is 0 Å². The highest BCUT2D eigenvalue weighted by Crippen LogP contribution is 2.29. The maximum atomic E-state index is 11.8. The standard InChI is InChI=1S/C13H12N4O/c18-13-16-10-6-5-8-3-1-2-4-9(8)11(10)12-14-7-15-17(12)13/h5-7H,1-4H2,(H,16,18). The molecule has 0 radical (unpaired) electrons. The monoisotopic (exact) mass is 240 g/mol. The average Bonchev–Trinajstić information content (AvgIpc) is 2.88. The molecule has 0 aliphatic heterocycles. The van der Waals surface area contributed by atoms with Crippen molar-refractivity contribution >= 4 is 16.6 Å². The number of rotatable bonds is 0. The average molecular weight is 240 g/mol. The fraction of sp³-hybridized carbons (Fsp3) is 0.308. The van der Waals surface area contributed by atoms with E-state index in [1.54, 1.807) is 0 Å². The third-order valence-electron chi connectivity index (χ3n) is 3.74. The van der Waals surface area contributed by atoms with Crippen molar-refractivity contribution in [2.75, 3.05) is 0 Å². The van der Waals surface area contributed by atoms with Crippen LogP contribution in [0.2, 0.25) is 0 Å². The summed E-state index contributed by atoms with van der Waals surface area (Å²) >= 11 is 0. The van der Waals surface area contributed by atoms with Gasteiger partial charge in [0.2, 0.25) is 0 Å². The van der Waals surface area contributed by atoms with E-state index in [0.29, 0.717) is 5.65 Å². The van der Waals surface area contributed by atoms with Crippen LogP contribution in [0, 0.1) is 0 Å². The first-order valence-electron chi connectivity index (χ1n) is 6.21. The second-order valence-electron chi connectivity index (χ2n) is 4.76. The van der Waals surface area contributed by atoms with Crippen molar-refractivity contribution in [3.8, 4) is 0 Å². The summed E-state index contributed by atoms with van der Waals surface area (Å²) < 4.78 is 1.34. The lowest BCUT2D eigenvalue weighted by Crippen LogP contribution is -2.18. The number of aryl methyl sites for hydroxylation is 2. The topological polar surface area (TPSA) is 63.0 Å². The van der Waals surface area contributed by atoms with E-state index in [4.69, 9.17) is 0 Å². The molecule has 0 unspecified atom stereocenters. The van der Waals surface area contributed by atoms with E-state index in [9.17, 15) is 4.79 Å². The van der Waals surface area contributed by atoms with Crippen LogP contribution in [0.15, 0.2) is 23.3 Å². The molecular weight excluding hydrogens is 228 g/mol. The highest BCUT2D eigenvalue weighted by atomic mass is 16.1. The Balaban J connectivity index is 2.26. The molecule has 0 saturated heterocycles. The zero-order valence-electron chi connectivity index (χ0n) is 9.81. The number of hydrogen-bond acceptors (Lipinski definition) is 3. The predicted molar refractivity (Wildman–Crippen MR) is 67.8 cm³/mol.